The van der Waals surface area contributed by atoms with Crippen molar-refractivity contribution in [3.8, 4) is 11.4 Å². The highest BCUT2D eigenvalue weighted by molar-refractivity contribution is 7.99. The number of nitro benzene ring substituents is 1. The number of amides is 1. The summed E-state index contributed by atoms with van der Waals surface area (Å²) in [5.41, 5.74) is 1.17. The number of non-ortho nitro benzene ring substituents is 1. The van der Waals surface area contributed by atoms with Gasteiger partial charge in [-0.05, 0) is 18.2 Å². The number of anilines is 1. The minimum Gasteiger partial charge on any atom is -0.325 e. The van der Waals surface area contributed by atoms with Crippen LogP contribution in [0.5, 0.6) is 0 Å². The van der Waals surface area contributed by atoms with Gasteiger partial charge in [-0.15, -0.1) is 10.2 Å². The first-order valence-electron chi connectivity index (χ1n) is 7.51. The van der Waals surface area contributed by atoms with E-state index in [0.717, 1.165) is 5.56 Å². The van der Waals surface area contributed by atoms with Gasteiger partial charge in [0.2, 0.25) is 5.91 Å². The summed E-state index contributed by atoms with van der Waals surface area (Å²) in [6.45, 7) is 0. The molecule has 26 heavy (non-hydrogen) atoms. The Kier molecular flexibility index (Phi) is 5.23. The summed E-state index contributed by atoms with van der Waals surface area (Å²) < 4.78 is 1.79. The maximum Gasteiger partial charge on any atom is 0.271 e. The van der Waals surface area contributed by atoms with Crippen LogP contribution < -0.4 is 5.32 Å². The van der Waals surface area contributed by atoms with E-state index in [0.29, 0.717) is 16.7 Å². The van der Waals surface area contributed by atoms with E-state index in [1.165, 1.54) is 30.0 Å². The van der Waals surface area contributed by atoms with E-state index in [-0.39, 0.29) is 17.3 Å². The number of aromatic nitrogens is 4. The van der Waals surface area contributed by atoms with Crippen molar-refractivity contribution < 1.29 is 9.72 Å². The van der Waals surface area contributed by atoms with Gasteiger partial charge in [-0.25, -0.2) is 0 Å². The molecule has 1 N–H and O–H groups in total. The third-order valence-electron chi connectivity index (χ3n) is 3.45. The van der Waals surface area contributed by atoms with Gasteiger partial charge >= 0.3 is 0 Å². The third-order valence-corrected chi connectivity index (χ3v) is 4.47. The molecule has 2 heterocycles. The van der Waals surface area contributed by atoms with E-state index >= 15 is 0 Å². The molecule has 0 fully saturated rings. The molecule has 0 bridgehead atoms. The quantitative estimate of drug-likeness (QED) is 0.402. The van der Waals surface area contributed by atoms with E-state index in [1.807, 2.05) is 19.2 Å². The second-order valence-electron chi connectivity index (χ2n) is 5.25. The molecule has 0 saturated carbocycles. The van der Waals surface area contributed by atoms with E-state index in [1.54, 1.807) is 23.0 Å². The minimum absolute atomic E-state index is 0.0780. The molecule has 0 spiro atoms. The highest BCUT2D eigenvalue weighted by atomic mass is 32.2. The molecular formula is C16H14N6O3S. The van der Waals surface area contributed by atoms with Crippen molar-refractivity contribution in [1.82, 2.24) is 19.7 Å². The fraction of sp³-hybridized carbons (Fsp3) is 0.125. The topological polar surface area (TPSA) is 116 Å². The molecule has 132 valence electrons. The van der Waals surface area contributed by atoms with Crippen LogP contribution in [-0.2, 0) is 11.8 Å². The zero-order valence-electron chi connectivity index (χ0n) is 13.7. The zero-order chi connectivity index (χ0) is 18.5. The molecular weight excluding hydrogens is 356 g/mol. The van der Waals surface area contributed by atoms with E-state index in [9.17, 15) is 14.9 Å². The number of rotatable bonds is 6. The average molecular weight is 370 g/mol. The van der Waals surface area contributed by atoms with Crippen LogP contribution in [0.15, 0.2) is 53.9 Å². The van der Waals surface area contributed by atoms with Gasteiger partial charge < -0.3 is 9.88 Å². The van der Waals surface area contributed by atoms with Crippen molar-refractivity contribution in [2.75, 3.05) is 11.1 Å². The standard InChI is InChI=1S/C16H14N6O3S/c1-21-15(11-5-7-17-8-6-11)19-20-16(21)26-10-14(23)18-12-3-2-4-13(9-12)22(24)25/h2-9H,10H2,1H3,(H,18,23). The summed E-state index contributed by atoms with van der Waals surface area (Å²) >= 11 is 1.23. The predicted octanol–water partition coefficient (Wildman–Crippen LogP) is 2.52. The van der Waals surface area contributed by atoms with Crippen LogP contribution in [-0.4, -0.2) is 36.3 Å². The van der Waals surface area contributed by atoms with Crippen LogP contribution in [0.3, 0.4) is 0 Å². The Morgan fingerprint density at radius 1 is 1.27 bits per heavy atom. The molecule has 0 atom stereocenters. The van der Waals surface area contributed by atoms with Crippen LogP contribution >= 0.6 is 11.8 Å². The van der Waals surface area contributed by atoms with Gasteiger partial charge in [0.25, 0.3) is 5.69 Å². The van der Waals surface area contributed by atoms with Crippen molar-refractivity contribution >= 4 is 29.0 Å². The van der Waals surface area contributed by atoms with Gasteiger partial charge in [0, 0.05) is 42.8 Å². The number of hydrogen-bond donors (Lipinski definition) is 1. The smallest absolute Gasteiger partial charge is 0.271 e. The van der Waals surface area contributed by atoms with Crippen LogP contribution in [0.25, 0.3) is 11.4 Å². The molecule has 0 unspecified atom stereocenters. The summed E-state index contributed by atoms with van der Waals surface area (Å²) in [4.78, 5) is 26.3. The number of nitrogens with one attached hydrogen (secondary N) is 1. The van der Waals surface area contributed by atoms with Gasteiger partial charge in [0.05, 0.1) is 10.7 Å². The Balaban J connectivity index is 1.63. The Hall–Kier alpha value is -3.27. The largest absolute Gasteiger partial charge is 0.325 e. The molecule has 0 radical (unpaired) electrons. The number of hydrogen-bond acceptors (Lipinski definition) is 7. The van der Waals surface area contributed by atoms with Crippen molar-refractivity contribution in [3.63, 3.8) is 0 Å². The normalized spacial score (nSPS) is 10.5. The third kappa shape index (κ3) is 4.03. The minimum atomic E-state index is -0.509. The number of thioether (sulfide) groups is 1. The van der Waals surface area contributed by atoms with Crippen molar-refractivity contribution in [2.24, 2.45) is 7.05 Å². The fourth-order valence-corrected chi connectivity index (χ4v) is 2.93. The Morgan fingerprint density at radius 2 is 2.04 bits per heavy atom. The summed E-state index contributed by atoms with van der Waals surface area (Å²) in [5.74, 6) is 0.489. The van der Waals surface area contributed by atoms with Crippen molar-refractivity contribution in [1.29, 1.82) is 0 Å². The molecule has 0 aliphatic carbocycles. The van der Waals surface area contributed by atoms with E-state index < -0.39 is 4.92 Å². The Labute approximate surface area is 152 Å². The molecule has 1 amide bonds. The predicted molar refractivity (Wildman–Crippen MR) is 96.7 cm³/mol. The summed E-state index contributed by atoms with van der Waals surface area (Å²) in [5, 5.41) is 22.2. The average Bonchev–Trinajstić information content (AvgIpc) is 3.01. The van der Waals surface area contributed by atoms with Gasteiger partial charge in [0.1, 0.15) is 0 Å². The first-order chi connectivity index (χ1) is 12.5. The Morgan fingerprint density at radius 3 is 2.77 bits per heavy atom. The number of carbonyl (C=O) groups excluding carboxylic acids is 1. The zero-order valence-corrected chi connectivity index (χ0v) is 14.5. The molecule has 0 saturated heterocycles. The summed E-state index contributed by atoms with van der Waals surface area (Å²) in [6, 6.07) is 9.45. The number of benzene rings is 1. The van der Waals surface area contributed by atoms with Crippen molar-refractivity contribution in [2.45, 2.75) is 5.16 Å². The number of nitro groups is 1. The molecule has 1 aromatic carbocycles. The number of pyridine rings is 1. The lowest BCUT2D eigenvalue weighted by atomic mass is 10.2. The first-order valence-corrected chi connectivity index (χ1v) is 8.50. The second-order valence-corrected chi connectivity index (χ2v) is 6.19. The highest BCUT2D eigenvalue weighted by Gasteiger charge is 2.13. The first kappa shape index (κ1) is 17.5. The molecule has 2 aromatic heterocycles. The second kappa shape index (κ2) is 7.74. The number of nitrogens with zero attached hydrogens (tertiary/aromatic N) is 5. The van der Waals surface area contributed by atoms with Crippen LogP contribution in [0.2, 0.25) is 0 Å². The lowest BCUT2D eigenvalue weighted by Crippen LogP contribution is -2.14. The maximum atomic E-state index is 12.1. The maximum absolute atomic E-state index is 12.1. The monoisotopic (exact) mass is 370 g/mol. The lowest BCUT2D eigenvalue weighted by molar-refractivity contribution is -0.384. The fourth-order valence-electron chi connectivity index (χ4n) is 2.22. The molecule has 0 aliphatic rings. The molecule has 3 rings (SSSR count). The summed E-state index contributed by atoms with van der Waals surface area (Å²) in [6.07, 6.45) is 3.34. The van der Waals surface area contributed by atoms with Crippen LogP contribution in [0.1, 0.15) is 0 Å². The van der Waals surface area contributed by atoms with E-state index in [4.69, 9.17) is 0 Å². The summed E-state index contributed by atoms with van der Waals surface area (Å²) in [7, 11) is 1.82. The molecule has 0 aliphatic heterocycles. The molecule has 10 heteroatoms. The van der Waals surface area contributed by atoms with Crippen LogP contribution in [0.4, 0.5) is 11.4 Å². The van der Waals surface area contributed by atoms with Gasteiger partial charge in [-0.1, -0.05) is 17.8 Å². The van der Waals surface area contributed by atoms with Gasteiger partial charge in [-0.3, -0.25) is 19.9 Å². The van der Waals surface area contributed by atoms with Gasteiger partial charge in [-0.2, -0.15) is 0 Å². The number of carbonyl (C=O) groups is 1. The highest BCUT2D eigenvalue weighted by Crippen LogP contribution is 2.22. The molecule has 9 nitrogen and oxygen atoms in total. The Bertz CT molecular complexity index is 944. The van der Waals surface area contributed by atoms with Gasteiger partial charge in [0.15, 0.2) is 11.0 Å². The van der Waals surface area contributed by atoms with E-state index in [2.05, 4.69) is 20.5 Å². The van der Waals surface area contributed by atoms with Crippen LogP contribution in [0, 0.1) is 10.1 Å². The lowest BCUT2D eigenvalue weighted by Gasteiger charge is -2.05. The molecule has 3 aromatic rings. The SMILES string of the molecule is Cn1c(SCC(=O)Nc2cccc([N+](=O)[O-])c2)nnc1-c1ccncc1. The van der Waals surface area contributed by atoms with Crippen molar-refractivity contribution in [3.05, 3.63) is 58.9 Å².